The summed E-state index contributed by atoms with van der Waals surface area (Å²) in [6.45, 7) is 19.7. The number of hydrogen-bond acceptors (Lipinski definition) is 0. The average Bonchev–Trinajstić information content (AvgIpc) is 2.44. The van der Waals surface area contributed by atoms with E-state index in [2.05, 4.69) is 59.4 Å². The van der Waals surface area contributed by atoms with Crippen LogP contribution in [-0.4, -0.2) is 3.51 Å². The number of hydrogen-bond donors (Lipinski definition) is 0. The van der Waals surface area contributed by atoms with E-state index in [-0.39, 0.29) is 39.6 Å². The summed E-state index contributed by atoms with van der Waals surface area (Å²) >= 11 is 0.0308. The molecule has 0 amide bonds. The Morgan fingerprint density at radius 1 is 1.23 bits per heavy atom. The molecule has 0 aromatic carbocycles. The van der Waals surface area contributed by atoms with Crippen molar-refractivity contribution in [2.24, 2.45) is 5.92 Å². The van der Waals surface area contributed by atoms with Gasteiger partial charge in [0.25, 0.3) is 0 Å². The topological polar surface area (TPSA) is 0 Å². The van der Waals surface area contributed by atoms with Gasteiger partial charge in [-0.3, -0.25) is 0 Å². The summed E-state index contributed by atoms with van der Waals surface area (Å²) in [5, 5.41) is 0. The van der Waals surface area contributed by atoms with Crippen LogP contribution in [-0.2, 0) is 0 Å². The van der Waals surface area contributed by atoms with E-state index in [1.165, 1.54) is 34.8 Å². The van der Waals surface area contributed by atoms with Crippen LogP contribution in [0.25, 0.3) is 0 Å². The van der Waals surface area contributed by atoms with Gasteiger partial charge in [0.2, 0.25) is 0 Å². The van der Waals surface area contributed by atoms with E-state index in [4.69, 9.17) is 0 Å². The predicted molar refractivity (Wildman–Crippen MR) is 109 cm³/mol. The smallest absolute Gasteiger partial charge is 0.343 e. The Hall–Kier alpha value is 0.287. The van der Waals surface area contributed by atoms with Crippen molar-refractivity contribution in [3.63, 3.8) is 0 Å². The van der Waals surface area contributed by atoms with E-state index in [0.717, 1.165) is 25.2 Å². The first-order valence-corrected chi connectivity index (χ1v) is 10.2. The van der Waals surface area contributed by atoms with Crippen LogP contribution < -0.4 is 18.9 Å². The van der Waals surface area contributed by atoms with E-state index in [9.17, 15) is 0 Å². The molecule has 0 nitrogen and oxygen atoms in total. The Bertz CT molecular complexity index is 372. The zero-order valence-corrected chi connectivity index (χ0v) is 17.1. The van der Waals surface area contributed by atoms with Gasteiger partial charge in [-0.05, 0) is 22.3 Å². The molecule has 0 aromatic heterocycles. The molecule has 1 aliphatic rings. The molecule has 0 spiro atoms. The maximum Gasteiger partial charge on any atom is 1.00 e. The second kappa shape index (κ2) is 16.2. The quantitative estimate of drug-likeness (QED) is 0.247. The molecule has 1 unspecified atom stereocenters. The molecule has 0 aromatic rings. The first-order chi connectivity index (χ1) is 10.1. The number of halogens is 1. The fourth-order valence-corrected chi connectivity index (χ4v) is 5.19. The van der Waals surface area contributed by atoms with Crippen molar-refractivity contribution in [3.05, 3.63) is 54.7 Å². The average molecular weight is 406 g/mol. The molecular formula is C20H32ILi-2. The molecule has 0 fully saturated rings. The SMILES string of the molecule is C=CCC(CCCC)C1=IC([CH2-])=CC(C)=C1.[CH2-]CCC[CH2-].[Li+]. The molecule has 1 rings (SSSR count). The Balaban J connectivity index is 0. The summed E-state index contributed by atoms with van der Waals surface area (Å²) in [5.74, 6) is 0.727. The van der Waals surface area contributed by atoms with Crippen LogP contribution in [0, 0.1) is 26.7 Å². The van der Waals surface area contributed by atoms with E-state index in [1.807, 2.05) is 0 Å². The minimum atomic E-state index is 0. The van der Waals surface area contributed by atoms with Gasteiger partial charge in [0, 0.05) is 0 Å². The van der Waals surface area contributed by atoms with Gasteiger partial charge in [0.05, 0.1) is 0 Å². The third kappa shape index (κ3) is 11.8. The van der Waals surface area contributed by atoms with Gasteiger partial charge in [0.1, 0.15) is 0 Å². The fourth-order valence-electron chi connectivity index (χ4n) is 2.09. The summed E-state index contributed by atoms with van der Waals surface area (Å²) < 4.78 is 3.02. The second-order valence-electron chi connectivity index (χ2n) is 5.38. The maximum absolute atomic E-state index is 4.14. The monoisotopic (exact) mass is 406 g/mol. The Kier molecular flexibility index (Phi) is 18.0. The largest absolute Gasteiger partial charge is 1.00 e. The predicted octanol–water partition coefficient (Wildman–Crippen LogP) is 4.02. The molecule has 122 valence electrons. The van der Waals surface area contributed by atoms with E-state index in [0.29, 0.717) is 0 Å². The van der Waals surface area contributed by atoms with E-state index >= 15 is 0 Å². The van der Waals surface area contributed by atoms with Gasteiger partial charge in [-0.2, -0.15) is 22.5 Å². The molecule has 1 atom stereocenters. The Morgan fingerprint density at radius 2 is 1.86 bits per heavy atom. The van der Waals surface area contributed by atoms with Crippen LogP contribution in [0.4, 0.5) is 0 Å². The normalized spacial score (nSPS) is 14.8. The molecule has 0 saturated heterocycles. The van der Waals surface area contributed by atoms with E-state index in [1.54, 1.807) is 3.51 Å². The fraction of sp³-hybridized carbons (Fsp3) is 0.500. The number of allylic oxidation sites excluding steroid dienone is 5. The first-order valence-electron chi connectivity index (χ1n) is 8.01. The Labute approximate surface area is 161 Å². The summed E-state index contributed by atoms with van der Waals surface area (Å²) in [4.78, 5) is 0. The molecule has 2 heteroatoms. The number of rotatable bonds is 8. The number of unbranched alkanes of at least 4 members (excludes halogenated alkanes) is 3. The maximum atomic E-state index is 4.14. The van der Waals surface area contributed by atoms with Gasteiger partial charge in [0.15, 0.2) is 0 Å². The van der Waals surface area contributed by atoms with Crippen molar-refractivity contribution in [1.29, 1.82) is 0 Å². The van der Waals surface area contributed by atoms with E-state index < -0.39 is 0 Å². The Morgan fingerprint density at radius 3 is 2.27 bits per heavy atom. The second-order valence-corrected chi connectivity index (χ2v) is 8.55. The minimum absolute atomic E-state index is 0. The van der Waals surface area contributed by atoms with Gasteiger partial charge in [-0.25, -0.2) is 6.92 Å². The summed E-state index contributed by atoms with van der Waals surface area (Å²) in [5.41, 5.74) is 1.37. The third-order valence-corrected chi connectivity index (χ3v) is 6.05. The zero-order valence-electron chi connectivity index (χ0n) is 15.0. The van der Waals surface area contributed by atoms with Crippen molar-refractivity contribution < 1.29 is 18.9 Å². The van der Waals surface area contributed by atoms with Crippen molar-refractivity contribution in [2.75, 3.05) is 0 Å². The molecule has 1 aliphatic heterocycles. The molecule has 0 saturated carbocycles. The summed E-state index contributed by atoms with van der Waals surface area (Å²) in [7, 11) is 0. The summed E-state index contributed by atoms with van der Waals surface area (Å²) in [6, 6.07) is 0. The molecule has 0 radical (unpaired) electrons. The van der Waals surface area contributed by atoms with Gasteiger partial charge >= 0.3 is 18.9 Å². The van der Waals surface area contributed by atoms with Crippen LogP contribution in [0.15, 0.2) is 34.0 Å². The third-order valence-electron chi connectivity index (χ3n) is 3.23. The molecular weight excluding hydrogens is 374 g/mol. The van der Waals surface area contributed by atoms with Crippen LogP contribution in [0.2, 0.25) is 0 Å². The van der Waals surface area contributed by atoms with Crippen molar-refractivity contribution >= 4 is 24.2 Å². The first kappa shape index (κ1) is 24.5. The van der Waals surface area contributed by atoms with Gasteiger partial charge in [-0.15, -0.1) is 39.3 Å². The molecule has 0 bridgehead atoms. The van der Waals surface area contributed by atoms with Crippen LogP contribution >= 0.6 is 20.7 Å². The molecule has 0 aliphatic carbocycles. The summed E-state index contributed by atoms with van der Waals surface area (Å²) in [6.07, 6.45) is 15.0. The zero-order chi connectivity index (χ0) is 16.1. The van der Waals surface area contributed by atoms with Crippen molar-refractivity contribution in [2.45, 2.75) is 58.8 Å². The molecule has 1 heterocycles. The molecule has 0 N–H and O–H groups in total. The van der Waals surface area contributed by atoms with Crippen LogP contribution in [0.5, 0.6) is 0 Å². The van der Waals surface area contributed by atoms with Crippen LogP contribution in [0.3, 0.4) is 0 Å². The minimum Gasteiger partial charge on any atom is -0.343 e. The van der Waals surface area contributed by atoms with Crippen molar-refractivity contribution in [3.8, 4) is 0 Å². The molecule has 22 heavy (non-hydrogen) atoms. The van der Waals surface area contributed by atoms with Crippen molar-refractivity contribution in [1.82, 2.24) is 0 Å². The van der Waals surface area contributed by atoms with Crippen LogP contribution in [0.1, 0.15) is 58.8 Å². The van der Waals surface area contributed by atoms with Gasteiger partial charge < -0.3 is 13.8 Å². The van der Waals surface area contributed by atoms with Gasteiger partial charge in [-0.1, -0.05) is 38.8 Å². The standard InChI is InChI=1S/C15H22I.C5H10.Li/c1-5-7-9-14(8-6-2)15-11-12(3)10-13(4)16-15;1-3-5-4-2;/h6,10-11,14H,2,4-5,7-9H2,1,3H3;1-5H2;/q-1;-2;+1.